The van der Waals surface area contributed by atoms with Gasteiger partial charge in [0.05, 0.1) is 5.60 Å². The summed E-state index contributed by atoms with van der Waals surface area (Å²) >= 11 is 0. The van der Waals surface area contributed by atoms with Crippen molar-refractivity contribution in [2.45, 2.75) is 51.0 Å². The van der Waals surface area contributed by atoms with E-state index in [1.165, 1.54) is 38.5 Å². The minimum atomic E-state index is 0.251. The highest BCUT2D eigenvalue weighted by Gasteiger charge is 2.56. The molecule has 14 heavy (non-hydrogen) atoms. The van der Waals surface area contributed by atoms with Gasteiger partial charge in [-0.25, -0.2) is 0 Å². The van der Waals surface area contributed by atoms with Gasteiger partial charge in [-0.1, -0.05) is 0 Å². The summed E-state index contributed by atoms with van der Waals surface area (Å²) in [6.07, 6.45) is 8.10. The van der Waals surface area contributed by atoms with Crippen LogP contribution in [0.3, 0.4) is 0 Å². The van der Waals surface area contributed by atoms with E-state index < -0.39 is 0 Å². The summed E-state index contributed by atoms with van der Waals surface area (Å²) < 4.78 is 6.07. The van der Waals surface area contributed by atoms with E-state index in [0.29, 0.717) is 5.41 Å². The Kier molecular flexibility index (Phi) is 1.81. The summed E-state index contributed by atoms with van der Waals surface area (Å²) in [5.74, 6) is 1.86. The van der Waals surface area contributed by atoms with Crippen LogP contribution in [-0.2, 0) is 4.74 Å². The zero-order chi connectivity index (χ0) is 9.81. The van der Waals surface area contributed by atoms with Gasteiger partial charge in [-0.05, 0) is 69.6 Å². The largest absolute Gasteiger partial charge is 0.375 e. The lowest BCUT2D eigenvalue weighted by Crippen LogP contribution is -2.55. The fraction of sp³-hybridized carbons (Fsp3) is 0.923. The molecule has 0 aromatic heterocycles. The van der Waals surface area contributed by atoms with Crippen LogP contribution in [0.4, 0.5) is 0 Å². The Hall–Kier alpha value is -0.0400. The Bertz CT molecular complexity index is 232. The quantitative estimate of drug-likeness (QED) is 0.654. The third-order valence-electron chi connectivity index (χ3n) is 4.58. The van der Waals surface area contributed by atoms with Crippen LogP contribution in [0.5, 0.6) is 0 Å². The first-order valence-corrected chi connectivity index (χ1v) is 6.12. The third kappa shape index (κ3) is 1.25. The fourth-order valence-corrected chi connectivity index (χ4v) is 4.84. The number of hydrogen-bond acceptors (Lipinski definition) is 1. The molecule has 0 spiro atoms. The van der Waals surface area contributed by atoms with Crippen LogP contribution in [0.1, 0.15) is 45.4 Å². The summed E-state index contributed by atoms with van der Waals surface area (Å²) in [5.41, 5.74) is 0.639. The van der Waals surface area contributed by atoms with Crippen LogP contribution < -0.4 is 0 Å². The lowest BCUT2D eigenvalue weighted by atomic mass is 9.48. The van der Waals surface area contributed by atoms with Crippen LogP contribution in [0.15, 0.2) is 0 Å². The molecule has 4 aliphatic carbocycles. The average Bonchev–Trinajstić information content (AvgIpc) is 1.97. The van der Waals surface area contributed by atoms with Crippen molar-refractivity contribution >= 4 is 0 Å². The molecule has 1 nitrogen and oxygen atoms in total. The van der Waals surface area contributed by atoms with E-state index in [2.05, 4.69) is 13.8 Å². The maximum Gasteiger partial charge on any atom is 0.0693 e. The summed E-state index contributed by atoms with van der Waals surface area (Å²) in [4.78, 5) is 0. The van der Waals surface area contributed by atoms with Gasteiger partial charge in [-0.3, -0.25) is 0 Å². The molecule has 4 aliphatic rings. The summed E-state index contributed by atoms with van der Waals surface area (Å²) in [6, 6.07) is 0. The predicted molar refractivity (Wildman–Crippen MR) is 56.8 cm³/mol. The second-order valence-corrected chi connectivity index (χ2v) is 6.08. The van der Waals surface area contributed by atoms with Gasteiger partial charge in [0, 0.05) is 6.61 Å². The molecule has 4 rings (SSSR count). The van der Waals surface area contributed by atoms with Crippen molar-refractivity contribution in [3.8, 4) is 0 Å². The van der Waals surface area contributed by atoms with E-state index in [1.54, 1.807) is 0 Å². The molecular weight excluding hydrogens is 172 g/mol. The fourth-order valence-electron chi connectivity index (χ4n) is 4.84. The second-order valence-electron chi connectivity index (χ2n) is 6.08. The molecule has 4 fully saturated rings. The van der Waals surface area contributed by atoms with Gasteiger partial charge in [0.2, 0.25) is 0 Å². The number of hydrogen-bond donors (Lipinski definition) is 0. The monoisotopic (exact) mass is 193 g/mol. The van der Waals surface area contributed by atoms with E-state index in [4.69, 9.17) is 4.74 Å². The average molecular weight is 193 g/mol. The van der Waals surface area contributed by atoms with E-state index in [1.807, 2.05) is 0 Å². The second kappa shape index (κ2) is 2.75. The number of ether oxygens (including phenoxy) is 1. The topological polar surface area (TPSA) is 9.23 Å². The molecule has 0 amide bonds. The van der Waals surface area contributed by atoms with Crippen molar-refractivity contribution in [2.24, 2.45) is 17.3 Å². The normalized spacial score (nSPS) is 55.3. The molecule has 0 heterocycles. The van der Waals surface area contributed by atoms with Crippen LogP contribution in [-0.4, -0.2) is 12.2 Å². The Labute approximate surface area is 87.2 Å². The maximum absolute atomic E-state index is 6.07. The predicted octanol–water partition coefficient (Wildman–Crippen LogP) is 3.20. The van der Waals surface area contributed by atoms with Crippen molar-refractivity contribution in [2.75, 3.05) is 6.61 Å². The van der Waals surface area contributed by atoms with Gasteiger partial charge < -0.3 is 4.74 Å². The molecule has 2 atom stereocenters. The van der Waals surface area contributed by atoms with E-state index in [0.717, 1.165) is 18.4 Å². The highest BCUT2D eigenvalue weighted by Crippen LogP contribution is 2.62. The summed E-state index contributed by atoms with van der Waals surface area (Å²) in [6.45, 7) is 7.50. The van der Waals surface area contributed by atoms with Gasteiger partial charge in [0.25, 0.3) is 0 Å². The minimum absolute atomic E-state index is 0.251. The molecule has 4 saturated carbocycles. The molecule has 0 saturated heterocycles. The smallest absolute Gasteiger partial charge is 0.0693 e. The van der Waals surface area contributed by atoms with Gasteiger partial charge in [-0.15, -0.1) is 0 Å². The maximum atomic E-state index is 6.07. The van der Waals surface area contributed by atoms with Crippen LogP contribution >= 0.6 is 0 Å². The van der Waals surface area contributed by atoms with Crippen molar-refractivity contribution in [1.82, 2.24) is 0 Å². The molecule has 0 aliphatic heterocycles. The Morgan fingerprint density at radius 2 is 1.86 bits per heavy atom. The van der Waals surface area contributed by atoms with E-state index in [9.17, 15) is 0 Å². The molecule has 0 aromatic rings. The van der Waals surface area contributed by atoms with Crippen LogP contribution in [0.25, 0.3) is 0 Å². The summed E-state index contributed by atoms with van der Waals surface area (Å²) in [7, 11) is 0. The van der Waals surface area contributed by atoms with E-state index in [-0.39, 0.29) is 5.60 Å². The zero-order valence-electron chi connectivity index (χ0n) is 9.22. The Morgan fingerprint density at radius 3 is 2.36 bits per heavy atom. The molecule has 1 heteroatoms. The van der Waals surface area contributed by atoms with Crippen LogP contribution in [0, 0.1) is 24.2 Å². The first-order valence-electron chi connectivity index (χ1n) is 6.12. The van der Waals surface area contributed by atoms with Crippen molar-refractivity contribution in [3.05, 3.63) is 6.92 Å². The van der Waals surface area contributed by atoms with Crippen molar-refractivity contribution in [3.63, 3.8) is 0 Å². The van der Waals surface area contributed by atoms with Crippen molar-refractivity contribution in [1.29, 1.82) is 0 Å². The van der Waals surface area contributed by atoms with Gasteiger partial charge in [0.15, 0.2) is 0 Å². The lowest BCUT2D eigenvalue weighted by Gasteiger charge is -2.60. The molecular formula is C13H21O. The van der Waals surface area contributed by atoms with Gasteiger partial charge >= 0.3 is 0 Å². The Morgan fingerprint density at radius 1 is 1.21 bits per heavy atom. The first-order chi connectivity index (χ1) is 6.63. The first kappa shape index (κ1) is 9.21. The Balaban J connectivity index is 1.89. The summed E-state index contributed by atoms with van der Waals surface area (Å²) in [5, 5.41) is 0. The molecule has 79 valence electrons. The van der Waals surface area contributed by atoms with Gasteiger partial charge in [0.1, 0.15) is 0 Å². The third-order valence-corrected chi connectivity index (χ3v) is 4.58. The molecule has 0 aromatic carbocycles. The minimum Gasteiger partial charge on any atom is -0.375 e. The van der Waals surface area contributed by atoms with Crippen molar-refractivity contribution < 1.29 is 4.74 Å². The SMILES string of the molecule is [CH2]C12CC3CC(C1)CC(OCC)(C3)C2. The highest BCUT2D eigenvalue weighted by molar-refractivity contribution is 5.09. The lowest BCUT2D eigenvalue weighted by molar-refractivity contribution is -0.179. The van der Waals surface area contributed by atoms with Gasteiger partial charge in [-0.2, -0.15) is 0 Å². The van der Waals surface area contributed by atoms with E-state index >= 15 is 0 Å². The molecule has 0 N–H and O–H groups in total. The highest BCUT2D eigenvalue weighted by atomic mass is 16.5. The number of rotatable bonds is 2. The molecule has 4 bridgehead atoms. The van der Waals surface area contributed by atoms with Crippen LogP contribution in [0.2, 0.25) is 0 Å². The standard InChI is InChI=1S/C13H21O/c1-3-14-13-7-10-4-11(8-13)6-12(2,5-10)9-13/h10-11H,2-9H2,1H3. The molecule has 1 radical (unpaired) electrons. The zero-order valence-corrected chi connectivity index (χ0v) is 9.22. The molecule has 2 unspecified atom stereocenters.